The fourth-order valence-corrected chi connectivity index (χ4v) is 2.54. The fourth-order valence-electron chi connectivity index (χ4n) is 2.54. The molecule has 2 amide bonds. The smallest absolute Gasteiger partial charge is 0.226 e. The Labute approximate surface area is 141 Å². The van der Waals surface area contributed by atoms with Crippen molar-refractivity contribution < 1.29 is 14.0 Å². The van der Waals surface area contributed by atoms with Crippen LogP contribution in [0.1, 0.15) is 24.5 Å². The molecule has 4 nitrogen and oxygen atoms in total. The standard InChI is InChI=1S/C19H21FN2O2/c1-13-6-4-7-14(2)19(13)21-18(24)10-11-22(15(3)23)17-9-5-8-16(20)12-17/h4-9,12H,10-11H2,1-3H3,(H,21,24). The van der Waals surface area contributed by atoms with Gasteiger partial charge in [0.25, 0.3) is 0 Å². The molecule has 24 heavy (non-hydrogen) atoms. The first kappa shape index (κ1) is 17.7. The predicted octanol–water partition coefficient (Wildman–Crippen LogP) is 3.82. The van der Waals surface area contributed by atoms with Gasteiger partial charge in [-0.05, 0) is 43.2 Å². The van der Waals surface area contributed by atoms with E-state index in [-0.39, 0.29) is 24.8 Å². The highest BCUT2D eigenvalue weighted by Gasteiger charge is 2.15. The van der Waals surface area contributed by atoms with Crippen LogP contribution < -0.4 is 10.2 Å². The molecule has 0 bridgehead atoms. The molecule has 2 aromatic carbocycles. The van der Waals surface area contributed by atoms with E-state index in [2.05, 4.69) is 5.32 Å². The highest BCUT2D eigenvalue weighted by Crippen LogP contribution is 2.20. The van der Waals surface area contributed by atoms with Crippen LogP contribution in [-0.4, -0.2) is 18.4 Å². The number of halogens is 1. The molecule has 0 radical (unpaired) electrons. The Bertz CT molecular complexity index is 739. The Morgan fingerprint density at radius 3 is 2.29 bits per heavy atom. The third-order valence-corrected chi connectivity index (χ3v) is 3.81. The first-order valence-electron chi connectivity index (χ1n) is 7.78. The maximum Gasteiger partial charge on any atom is 0.226 e. The van der Waals surface area contributed by atoms with Crippen molar-refractivity contribution in [3.05, 3.63) is 59.4 Å². The number of carbonyl (C=O) groups is 2. The van der Waals surface area contributed by atoms with E-state index in [0.29, 0.717) is 5.69 Å². The van der Waals surface area contributed by atoms with Crippen LogP contribution in [0.4, 0.5) is 15.8 Å². The molecule has 0 saturated carbocycles. The summed E-state index contributed by atoms with van der Waals surface area (Å²) in [6, 6.07) is 11.6. The number of nitrogens with one attached hydrogen (secondary N) is 1. The maximum atomic E-state index is 13.3. The molecule has 0 atom stereocenters. The molecular weight excluding hydrogens is 307 g/mol. The van der Waals surface area contributed by atoms with Gasteiger partial charge in [-0.1, -0.05) is 24.3 Å². The lowest BCUT2D eigenvalue weighted by atomic mass is 10.1. The van der Waals surface area contributed by atoms with E-state index in [1.165, 1.54) is 30.0 Å². The second kappa shape index (κ2) is 7.73. The van der Waals surface area contributed by atoms with Gasteiger partial charge in [0.1, 0.15) is 5.82 Å². The lowest BCUT2D eigenvalue weighted by Gasteiger charge is -2.21. The third kappa shape index (κ3) is 4.41. The van der Waals surface area contributed by atoms with Crippen molar-refractivity contribution in [1.82, 2.24) is 0 Å². The SMILES string of the molecule is CC(=O)N(CCC(=O)Nc1c(C)cccc1C)c1cccc(F)c1. The number of para-hydroxylation sites is 1. The molecule has 0 unspecified atom stereocenters. The minimum Gasteiger partial charge on any atom is -0.326 e. The molecular formula is C19H21FN2O2. The van der Waals surface area contributed by atoms with Crippen molar-refractivity contribution in [1.29, 1.82) is 0 Å². The molecule has 2 rings (SSSR count). The number of amides is 2. The Kier molecular flexibility index (Phi) is 5.68. The van der Waals surface area contributed by atoms with Crippen LogP contribution >= 0.6 is 0 Å². The van der Waals surface area contributed by atoms with E-state index < -0.39 is 5.82 Å². The van der Waals surface area contributed by atoms with Crippen molar-refractivity contribution in [2.75, 3.05) is 16.8 Å². The van der Waals surface area contributed by atoms with Crippen LogP contribution in [0.25, 0.3) is 0 Å². The molecule has 0 fully saturated rings. The van der Waals surface area contributed by atoms with Crippen LogP contribution in [-0.2, 0) is 9.59 Å². The van der Waals surface area contributed by atoms with E-state index in [4.69, 9.17) is 0 Å². The number of rotatable bonds is 5. The van der Waals surface area contributed by atoms with Gasteiger partial charge in [0.2, 0.25) is 11.8 Å². The number of hydrogen-bond acceptors (Lipinski definition) is 2. The number of aryl methyl sites for hydroxylation is 2. The number of nitrogens with zero attached hydrogens (tertiary/aromatic N) is 1. The van der Waals surface area contributed by atoms with Gasteiger partial charge in [-0.15, -0.1) is 0 Å². The third-order valence-electron chi connectivity index (χ3n) is 3.81. The van der Waals surface area contributed by atoms with Gasteiger partial charge in [0.05, 0.1) is 0 Å². The van der Waals surface area contributed by atoms with Crippen molar-refractivity contribution in [3.63, 3.8) is 0 Å². The molecule has 126 valence electrons. The van der Waals surface area contributed by atoms with E-state index in [9.17, 15) is 14.0 Å². The van der Waals surface area contributed by atoms with Crippen molar-refractivity contribution in [2.24, 2.45) is 0 Å². The molecule has 0 heterocycles. The van der Waals surface area contributed by atoms with Crippen molar-refractivity contribution in [3.8, 4) is 0 Å². The topological polar surface area (TPSA) is 49.4 Å². The Hall–Kier alpha value is -2.69. The van der Waals surface area contributed by atoms with Gasteiger partial charge in [0, 0.05) is 31.3 Å². The van der Waals surface area contributed by atoms with Gasteiger partial charge in [-0.2, -0.15) is 0 Å². The molecule has 0 saturated heterocycles. The number of carbonyl (C=O) groups excluding carboxylic acids is 2. The lowest BCUT2D eigenvalue weighted by Crippen LogP contribution is -2.32. The summed E-state index contributed by atoms with van der Waals surface area (Å²) < 4.78 is 13.3. The molecule has 0 aliphatic carbocycles. The molecule has 2 aromatic rings. The summed E-state index contributed by atoms with van der Waals surface area (Å²) in [5.74, 6) is -0.839. The summed E-state index contributed by atoms with van der Waals surface area (Å²) >= 11 is 0. The van der Waals surface area contributed by atoms with Crippen molar-refractivity contribution >= 4 is 23.2 Å². The summed E-state index contributed by atoms with van der Waals surface area (Å²) in [5.41, 5.74) is 3.21. The molecule has 0 aliphatic rings. The largest absolute Gasteiger partial charge is 0.326 e. The first-order chi connectivity index (χ1) is 11.4. The second-order valence-corrected chi connectivity index (χ2v) is 5.72. The number of benzene rings is 2. The number of hydrogen-bond donors (Lipinski definition) is 1. The zero-order valence-electron chi connectivity index (χ0n) is 14.1. The van der Waals surface area contributed by atoms with Crippen LogP contribution in [0.2, 0.25) is 0 Å². The molecule has 0 spiro atoms. The zero-order chi connectivity index (χ0) is 17.7. The highest BCUT2D eigenvalue weighted by molar-refractivity contribution is 5.95. The average molecular weight is 328 g/mol. The summed E-state index contributed by atoms with van der Waals surface area (Å²) in [7, 11) is 0. The van der Waals surface area contributed by atoms with Crippen LogP contribution in [0.5, 0.6) is 0 Å². The number of anilines is 2. The van der Waals surface area contributed by atoms with Gasteiger partial charge < -0.3 is 10.2 Å². The van der Waals surface area contributed by atoms with E-state index in [1.807, 2.05) is 32.0 Å². The molecule has 0 aromatic heterocycles. The molecule has 5 heteroatoms. The fraction of sp³-hybridized carbons (Fsp3) is 0.263. The minimum absolute atomic E-state index is 0.129. The summed E-state index contributed by atoms with van der Waals surface area (Å²) in [4.78, 5) is 25.4. The van der Waals surface area contributed by atoms with Gasteiger partial charge in [0.15, 0.2) is 0 Å². The van der Waals surface area contributed by atoms with Crippen LogP contribution in [0.3, 0.4) is 0 Å². The van der Waals surface area contributed by atoms with Crippen LogP contribution in [0.15, 0.2) is 42.5 Å². The van der Waals surface area contributed by atoms with E-state index in [1.54, 1.807) is 6.07 Å². The normalized spacial score (nSPS) is 10.3. The molecule has 0 aliphatic heterocycles. The van der Waals surface area contributed by atoms with Crippen LogP contribution in [0, 0.1) is 19.7 Å². The highest BCUT2D eigenvalue weighted by atomic mass is 19.1. The van der Waals surface area contributed by atoms with E-state index >= 15 is 0 Å². The summed E-state index contributed by atoms with van der Waals surface area (Å²) in [5, 5.41) is 2.88. The van der Waals surface area contributed by atoms with Crippen molar-refractivity contribution in [2.45, 2.75) is 27.2 Å². The average Bonchev–Trinajstić information content (AvgIpc) is 2.51. The second-order valence-electron chi connectivity index (χ2n) is 5.72. The predicted molar refractivity (Wildman–Crippen MR) is 93.6 cm³/mol. The summed E-state index contributed by atoms with van der Waals surface area (Å²) in [6.07, 6.45) is 0.129. The Balaban J connectivity index is 2.04. The molecule has 1 N–H and O–H groups in total. The Morgan fingerprint density at radius 1 is 1.08 bits per heavy atom. The van der Waals surface area contributed by atoms with Gasteiger partial charge >= 0.3 is 0 Å². The van der Waals surface area contributed by atoms with E-state index in [0.717, 1.165) is 16.8 Å². The lowest BCUT2D eigenvalue weighted by molar-refractivity contribution is -0.117. The maximum absolute atomic E-state index is 13.3. The quantitative estimate of drug-likeness (QED) is 0.907. The summed E-state index contributed by atoms with van der Waals surface area (Å²) in [6.45, 7) is 5.44. The monoisotopic (exact) mass is 328 g/mol. The zero-order valence-corrected chi connectivity index (χ0v) is 14.1. The first-order valence-corrected chi connectivity index (χ1v) is 7.78. The van der Waals surface area contributed by atoms with Gasteiger partial charge in [-0.3, -0.25) is 9.59 Å². The Morgan fingerprint density at radius 2 is 1.71 bits per heavy atom. The van der Waals surface area contributed by atoms with Gasteiger partial charge in [-0.25, -0.2) is 4.39 Å². The minimum atomic E-state index is -0.418.